The maximum Gasteiger partial charge on any atom is 0.146 e. The van der Waals surface area contributed by atoms with Crippen molar-refractivity contribution in [3.8, 4) is 5.75 Å². The van der Waals surface area contributed by atoms with Gasteiger partial charge in [0.05, 0.1) is 17.5 Å². The van der Waals surface area contributed by atoms with Crippen LogP contribution < -0.4 is 10.1 Å². The van der Waals surface area contributed by atoms with Crippen molar-refractivity contribution in [2.75, 3.05) is 7.05 Å². The molecular weight excluding hydrogens is 252 g/mol. The summed E-state index contributed by atoms with van der Waals surface area (Å²) < 4.78 is 11.2. The molecule has 0 aliphatic heterocycles. The highest BCUT2D eigenvalue weighted by molar-refractivity contribution is 5.85. The van der Waals surface area contributed by atoms with Crippen LogP contribution in [0.25, 0.3) is 10.9 Å². The summed E-state index contributed by atoms with van der Waals surface area (Å²) in [7, 11) is 1.90. The number of para-hydroxylation sites is 1. The van der Waals surface area contributed by atoms with E-state index >= 15 is 0 Å². The molecule has 0 radical (unpaired) electrons. The largest absolute Gasteiger partial charge is 0.485 e. The topological polar surface area (TPSA) is 47.3 Å². The van der Waals surface area contributed by atoms with Crippen LogP contribution in [0.4, 0.5) is 0 Å². The first-order valence-corrected chi connectivity index (χ1v) is 6.55. The molecule has 0 saturated heterocycles. The molecule has 3 aromatic rings. The highest BCUT2D eigenvalue weighted by Crippen LogP contribution is 2.26. The van der Waals surface area contributed by atoms with Crippen LogP contribution in [0.1, 0.15) is 11.5 Å². The highest BCUT2D eigenvalue weighted by atomic mass is 16.5. The Labute approximate surface area is 117 Å². The molecule has 3 rings (SSSR count). The zero-order valence-electron chi connectivity index (χ0n) is 11.3. The van der Waals surface area contributed by atoms with Gasteiger partial charge in [-0.2, -0.15) is 0 Å². The van der Waals surface area contributed by atoms with Gasteiger partial charge < -0.3 is 14.5 Å². The fourth-order valence-electron chi connectivity index (χ4n) is 2.13. The monoisotopic (exact) mass is 268 g/mol. The summed E-state index contributed by atoms with van der Waals surface area (Å²) in [5, 5.41) is 4.12. The molecule has 0 bridgehead atoms. The van der Waals surface area contributed by atoms with E-state index in [1.165, 1.54) is 0 Å². The minimum absolute atomic E-state index is 0.417. The highest BCUT2D eigenvalue weighted by Gasteiger charge is 2.07. The van der Waals surface area contributed by atoms with Crippen molar-refractivity contribution in [2.24, 2.45) is 0 Å². The summed E-state index contributed by atoms with van der Waals surface area (Å²) in [5.41, 5.74) is 1.90. The van der Waals surface area contributed by atoms with E-state index in [9.17, 15) is 0 Å². The van der Waals surface area contributed by atoms with Gasteiger partial charge in [0.1, 0.15) is 18.1 Å². The Balaban J connectivity index is 1.94. The number of hydrogen-bond donors (Lipinski definition) is 1. The van der Waals surface area contributed by atoms with E-state index in [1.54, 1.807) is 6.26 Å². The van der Waals surface area contributed by atoms with Crippen LogP contribution in [0.3, 0.4) is 0 Å². The van der Waals surface area contributed by atoms with Crippen molar-refractivity contribution in [3.63, 3.8) is 0 Å². The average molecular weight is 268 g/mol. The van der Waals surface area contributed by atoms with Crippen LogP contribution in [-0.2, 0) is 13.2 Å². The number of nitrogens with zero attached hydrogens (tertiary/aromatic N) is 1. The molecule has 4 nitrogen and oxygen atoms in total. The maximum atomic E-state index is 5.89. The summed E-state index contributed by atoms with van der Waals surface area (Å²) in [5.74, 6) is 1.64. The smallest absolute Gasteiger partial charge is 0.146 e. The first-order chi connectivity index (χ1) is 9.86. The van der Waals surface area contributed by atoms with Gasteiger partial charge in [0.25, 0.3) is 0 Å². The summed E-state index contributed by atoms with van der Waals surface area (Å²) in [6.45, 7) is 1.13. The van der Waals surface area contributed by atoms with E-state index in [0.717, 1.165) is 28.1 Å². The van der Waals surface area contributed by atoms with E-state index in [0.29, 0.717) is 13.2 Å². The lowest BCUT2D eigenvalue weighted by Gasteiger charge is -2.10. The van der Waals surface area contributed by atoms with Crippen molar-refractivity contribution in [3.05, 3.63) is 60.2 Å². The third kappa shape index (κ3) is 2.65. The third-order valence-corrected chi connectivity index (χ3v) is 3.04. The standard InChI is InChI=1S/C16H16N2O2/c1-17-10-12-9-16(20-11-13-5-4-8-19-13)14-6-2-3-7-15(14)18-12/h2-9,17H,10-11H2,1H3. The number of pyridine rings is 1. The molecule has 0 unspecified atom stereocenters. The van der Waals surface area contributed by atoms with Gasteiger partial charge in [-0.05, 0) is 31.3 Å². The first kappa shape index (κ1) is 12.7. The molecule has 0 aliphatic carbocycles. The molecule has 1 N–H and O–H groups in total. The van der Waals surface area contributed by atoms with Crippen LogP contribution in [0.5, 0.6) is 5.75 Å². The van der Waals surface area contributed by atoms with Crippen molar-refractivity contribution in [1.82, 2.24) is 10.3 Å². The van der Waals surface area contributed by atoms with Crippen LogP contribution in [0, 0.1) is 0 Å². The summed E-state index contributed by atoms with van der Waals surface area (Å²) in [6, 6.07) is 13.7. The van der Waals surface area contributed by atoms with Gasteiger partial charge in [0.15, 0.2) is 0 Å². The molecule has 0 saturated carbocycles. The number of furan rings is 1. The van der Waals surface area contributed by atoms with Gasteiger partial charge in [-0.3, -0.25) is 4.98 Å². The fourth-order valence-corrected chi connectivity index (χ4v) is 2.13. The minimum atomic E-state index is 0.417. The van der Waals surface area contributed by atoms with Gasteiger partial charge in [-0.15, -0.1) is 0 Å². The lowest BCUT2D eigenvalue weighted by molar-refractivity contribution is 0.273. The Morgan fingerprint density at radius 3 is 2.90 bits per heavy atom. The van der Waals surface area contributed by atoms with Gasteiger partial charge >= 0.3 is 0 Å². The van der Waals surface area contributed by atoms with E-state index < -0.39 is 0 Å². The molecule has 2 aromatic heterocycles. The quantitative estimate of drug-likeness (QED) is 0.772. The normalized spacial score (nSPS) is 10.8. The molecular formula is C16H16N2O2. The second-order valence-electron chi connectivity index (χ2n) is 4.53. The molecule has 102 valence electrons. The molecule has 0 fully saturated rings. The number of aromatic nitrogens is 1. The zero-order valence-corrected chi connectivity index (χ0v) is 11.3. The van der Waals surface area contributed by atoms with Gasteiger partial charge in [0.2, 0.25) is 0 Å². The number of benzene rings is 1. The predicted octanol–water partition coefficient (Wildman–Crippen LogP) is 3.13. The molecule has 0 atom stereocenters. The molecule has 2 heterocycles. The Bertz CT molecular complexity index is 693. The average Bonchev–Trinajstić information content (AvgIpc) is 2.98. The molecule has 1 aromatic carbocycles. The maximum absolute atomic E-state index is 5.89. The van der Waals surface area contributed by atoms with E-state index in [4.69, 9.17) is 9.15 Å². The van der Waals surface area contributed by atoms with Gasteiger partial charge in [0, 0.05) is 18.0 Å². The second kappa shape index (κ2) is 5.75. The van der Waals surface area contributed by atoms with Crippen molar-refractivity contribution >= 4 is 10.9 Å². The molecule has 0 aliphatic rings. The Morgan fingerprint density at radius 1 is 1.20 bits per heavy atom. The number of rotatable bonds is 5. The second-order valence-corrected chi connectivity index (χ2v) is 4.53. The van der Waals surface area contributed by atoms with Crippen LogP contribution in [-0.4, -0.2) is 12.0 Å². The third-order valence-electron chi connectivity index (χ3n) is 3.04. The first-order valence-electron chi connectivity index (χ1n) is 6.55. The molecule has 20 heavy (non-hydrogen) atoms. The van der Waals surface area contributed by atoms with Crippen molar-refractivity contribution < 1.29 is 9.15 Å². The van der Waals surface area contributed by atoms with Gasteiger partial charge in [-0.25, -0.2) is 0 Å². The van der Waals surface area contributed by atoms with Crippen molar-refractivity contribution in [1.29, 1.82) is 0 Å². The van der Waals surface area contributed by atoms with E-state index in [2.05, 4.69) is 10.3 Å². The number of hydrogen-bond acceptors (Lipinski definition) is 4. The molecule has 0 amide bonds. The van der Waals surface area contributed by atoms with Gasteiger partial charge in [-0.1, -0.05) is 12.1 Å². The summed E-state index contributed by atoms with van der Waals surface area (Å²) >= 11 is 0. The zero-order chi connectivity index (χ0) is 13.8. The number of nitrogens with one attached hydrogen (secondary N) is 1. The summed E-state index contributed by atoms with van der Waals surface area (Å²) in [4.78, 5) is 4.60. The minimum Gasteiger partial charge on any atom is -0.485 e. The van der Waals surface area contributed by atoms with Crippen LogP contribution >= 0.6 is 0 Å². The van der Waals surface area contributed by atoms with Crippen LogP contribution in [0.2, 0.25) is 0 Å². The van der Waals surface area contributed by atoms with Crippen molar-refractivity contribution in [2.45, 2.75) is 13.2 Å². The molecule has 0 spiro atoms. The Hall–Kier alpha value is -2.33. The predicted molar refractivity (Wildman–Crippen MR) is 77.5 cm³/mol. The molecule has 4 heteroatoms. The number of fused-ring (bicyclic) bond motifs is 1. The Morgan fingerprint density at radius 2 is 2.10 bits per heavy atom. The Kier molecular flexibility index (Phi) is 3.65. The summed E-state index contributed by atoms with van der Waals surface area (Å²) in [6.07, 6.45) is 1.65. The lowest BCUT2D eigenvalue weighted by atomic mass is 10.2. The van der Waals surface area contributed by atoms with Crippen LogP contribution in [0.15, 0.2) is 53.1 Å². The fraction of sp³-hybridized carbons (Fsp3) is 0.188. The SMILES string of the molecule is CNCc1cc(OCc2ccco2)c2ccccc2n1. The van der Waals surface area contributed by atoms with E-state index in [1.807, 2.05) is 49.5 Å². The lowest BCUT2D eigenvalue weighted by Crippen LogP contribution is -2.07. The van der Waals surface area contributed by atoms with E-state index in [-0.39, 0.29) is 0 Å². The number of ether oxygens (including phenoxy) is 1.